The lowest BCUT2D eigenvalue weighted by Crippen LogP contribution is -2.26. The third-order valence-electron chi connectivity index (χ3n) is 3.31. The summed E-state index contributed by atoms with van der Waals surface area (Å²) < 4.78 is 6.78. The van der Waals surface area contributed by atoms with Crippen LogP contribution in [0.25, 0.3) is 0 Å². The third-order valence-corrected chi connectivity index (χ3v) is 3.81. The Balaban J connectivity index is 1.75. The van der Waals surface area contributed by atoms with Crippen LogP contribution >= 0.6 is 15.9 Å². The number of benzene rings is 1. The molecule has 1 aromatic heterocycles. The second-order valence-electron chi connectivity index (χ2n) is 4.61. The van der Waals surface area contributed by atoms with Crippen LogP contribution in [0.3, 0.4) is 0 Å². The molecule has 1 atom stereocenters. The van der Waals surface area contributed by atoms with Crippen molar-refractivity contribution in [3.05, 3.63) is 58.3 Å². The summed E-state index contributed by atoms with van der Waals surface area (Å²) in [6.45, 7) is 1.61. The molecule has 1 aromatic carbocycles. The maximum Gasteiger partial charge on any atom is 0.124 e. The Hall–Kier alpha value is -1.39. The Morgan fingerprint density at radius 2 is 2.11 bits per heavy atom. The monoisotopic (exact) mass is 318 g/mol. The molecule has 3 nitrogen and oxygen atoms in total. The van der Waals surface area contributed by atoms with Crippen LogP contribution < -0.4 is 10.1 Å². The van der Waals surface area contributed by atoms with Gasteiger partial charge in [-0.1, -0.05) is 15.9 Å². The van der Waals surface area contributed by atoms with Gasteiger partial charge in [-0.2, -0.15) is 0 Å². The van der Waals surface area contributed by atoms with Crippen molar-refractivity contribution in [3.63, 3.8) is 0 Å². The summed E-state index contributed by atoms with van der Waals surface area (Å²) in [5, 5.41) is 3.59. The molecule has 0 saturated carbocycles. The number of hydrogen-bond acceptors (Lipinski definition) is 3. The standard InChI is InChI=1S/C15H15BrN2O/c16-12-1-2-15-13(9-12)14(5-8-19-15)18-10-11-3-6-17-7-4-11/h1-4,6-7,9,14,18H,5,8,10H2. The smallest absolute Gasteiger partial charge is 0.124 e. The first-order valence-electron chi connectivity index (χ1n) is 6.37. The van der Waals surface area contributed by atoms with E-state index in [0.717, 1.165) is 29.8 Å². The van der Waals surface area contributed by atoms with Gasteiger partial charge in [0.1, 0.15) is 5.75 Å². The SMILES string of the molecule is Brc1ccc2c(c1)C(NCc1ccncc1)CCO2. The summed E-state index contributed by atoms with van der Waals surface area (Å²) in [5.74, 6) is 0.988. The highest BCUT2D eigenvalue weighted by Crippen LogP contribution is 2.34. The van der Waals surface area contributed by atoms with Crippen LogP contribution in [-0.4, -0.2) is 11.6 Å². The molecule has 1 aliphatic rings. The minimum Gasteiger partial charge on any atom is -0.493 e. The maximum absolute atomic E-state index is 5.69. The number of nitrogens with one attached hydrogen (secondary N) is 1. The molecule has 3 rings (SSSR count). The van der Waals surface area contributed by atoms with E-state index in [1.54, 1.807) is 0 Å². The van der Waals surface area contributed by atoms with Crippen LogP contribution in [0.4, 0.5) is 0 Å². The van der Waals surface area contributed by atoms with Gasteiger partial charge >= 0.3 is 0 Å². The number of rotatable bonds is 3. The Bertz CT molecular complexity index is 559. The lowest BCUT2D eigenvalue weighted by Gasteiger charge is -2.27. The molecule has 98 valence electrons. The van der Waals surface area contributed by atoms with Crippen LogP contribution in [0, 0.1) is 0 Å². The van der Waals surface area contributed by atoms with Crippen molar-refractivity contribution in [2.45, 2.75) is 19.0 Å². The number of aromatic nitrogens is 1. The third kappa shape index (κ3) is 2.96. The van der Waals surface area contributed by atoms with E-state index >= 15 is 0 Å². The summed E-state index contributed by atoms with van der Waals surface area (Å²) in [5.41, 5.74) is 2.48. The minimum atomic E-state index is 0.342. The fraction of sp³-hybridized carbons (Fsp3) is 0.267. The zero-order chi connectivity index (χ0) is 13.1. The summed E-state index contributed by atoms with van der Waals surface area (Å²) in [6, 6.07) is 10.6. The van der Waals surface area contributed by atoms with E-state index in [4.69, 9.17) is 4.74 Å². The van der Waals surface area contributed by atoms with Crippen molar-refractivity contribution in [1.82, 2.24) is 10.3 Å². The molecule has 4 heteroatoms. The molecule has 0 aliphatic carbocycles. The average Bonchev–Trinajstić information content (AvgIpc) is 2.46. The van der Waals surface area contributed by atoms with Gasteiger partial charge in [-0.25, -0.2) is 0 Å². The van der Waals surface area contributed by atoms with E-state index in [1.165, 1.54) is 11.1 Å². The highest BCUT2D eigenvalue weighted by atomic mass is 79.9. The van der Waals surface area contributed by atoms with E-state index in [-0.39, 0.29) is 0 Å². The zero-order valence-electron chi connectivity index (χ0n) is 10.5. The summed E-state index contributed by atoms with van der Waals surface area (Å²) in [6.07, 6.45) is 4.64. The topological polar surface area (TPSA) is 34.2 Å². The number of fused-ring (bicyclic) bond motifs is 1. The Labute approximate surface area is 121 Å². The zero-order valence-corrected chi connectivity index (χ0v) is 12.1. The second kappa shape index (κ2) is 5.72. The molecular formula is C15H15BrN2O. The van der Waals surface area contributed by atoms with E-state index < -0.39 is 0 Å². The number of nitrogens with zero attached hydrogens (tertiary/aromatic N) is 1. The van der Waals surface area contributed by atoms with Crippen molar-refractivity contribution in [3.8, 4) is 5.75 Å². The predicted molar refractivity (Wildman–Crippen MR) is 78.1 cm³/mol. The Kier molecular flexibility index (Phi) is 3.80. The Morgan fingerprint density at radius 3 is 2.95 bits per heavy atom. The van der Waals surface area contributed by atoms with E-state index in [1.807, 2.05) is 36.7 Å². The van der Waals surface area contributed by atoms with Gasteiger partial charge in [0.05, 0.1) is 6.61 Å². The van der Waals surface area contributed by atoms with Crippen LogP contribution in [0.1, 0.15) is 23.6 Å². The molecule has 0 saturated heterocycles. The fourth-order valence-corrected chi connectivity index (χ4v) is 2.70. The molecule has 1 unspecified atom stereocenters. The number of hydrogen-bond donors (Lipinski definition) is 1. The quantitative estimate of drug-likeness (QED) is 0.941. The van der Waals surface area contributed by atoms with E-state index in [0.29, 0.717) is 6.04 Å². The second-order valence-corrected chi connectivity index (χ2v) is 5.52. The van der Waals surface area contributed by atoms with Gasteiger partial charge in [0.15, 0.2) is 0 Å². The minimum absolute atomic E-state index is 0.342. The fourth-order valence-electron chi connectivity index (χ4n) is 2.32. The van der Waals surface area contributed by atoms with Gasteiger partial charge in [0.2, 0.25) is 0 Å². The number of pyridine rings is 1. The van der Waals surface area contributed by atoms with Gasteiger partial charge in [0, 0.05) is 41.4 Å². The lowest BCUT2D eigenvalue weighted by molar-refractivity contribution is 0.252. The number of halogens is 1. The van der Waals surface area contributed by atoms with Gasteiger partial charge < -0.3 is 10.1 Å². The molecule has 2 aromatic rings. The molecule has 0 amide bonds. The molecule has 0 fully saturated rings. The highest BCUT2D eigenvalue weighted by molar-refractivity contribution is 9.10. The average molecular weight is 319 g/mol. The maximum atomic E-state index is 5.69. The molecule has 19 heavy (non-hydrogen) atoms. The lowest BCUT2D eigenvalue weighted by atomic mass is 10.0. The highest BCUT2D eigenvalue weighted by Gasteiger charge is 2.21. The molecule has 0 bridgehead atoms. The Morgan fingerprint density at radius 1 is 1.26 bits per heavy atom. The summed E-state index contributed by atoms with van der Waals surface area (Å²) in [7, 11) is 0. The first-order chi connectivity index (χ1) is 9.33. The molecule has 0 spiro atoms. The van der Waals surface area contributed by atoms with Crippen molar-refractivity contribution in [2.75, 3.05) is 6.61 Å². The summed E-state index contributed by atoms with van der Waals surface area (Å²) >= 11 is 3.52. The van der Waals surface area contributed by atoms with E-state index in [9.17, 15) is 0 Å². The normalized spacial score (nSPS) is 17.6. The first-order valence-corrected chi connectivity index (χ1v) is 7.17. The molecule has 1 aliphatic heterocycles. The van der Waals surface area contributed by atoms with Crippen molar-refractivity contribution < 1.29 is 4.74 Å². The molecular weight excluding hydrogens is 304 g/mol. The molecule has 0 radical (unpaired) electrons. The van der Waals surface area contributed by atoms with Crippen LogP contribution in [0.15, 0.2) is 47.2 Å². The van der Waals surface area contributed by atoms with Crippen molar-refractivity contribution >= 4 is 15.9 Å². The van der Waals surface area contributed by atoms with Crippen LogP contribution in [-0.2, 0) is 6.54 Å². The van der Waals surface area contributed by atoms with Crippen molar-refractivity contribution in [1.29, 1.82) is 0 Å². The van der Waals surface area contributed by atoms with Crippen LogP contribution in [0.2, 0.25) is 0 Å². The van der Waals surface area contributed by atoms with Crippen LogP contribution in [0.5, 0.6) is 5.75 Å². The summed E-state index contributed by atoms with van der Waals surface area (Å²) in [4.78, 5) is 4.03. The van der Waals surface area contributed by atoms with Gasteiger partial charge in [-0.15, -0.1) is 0 Å². The van der Waals surface area contributed by atoms with Gasteiger partial charge in [-0.3, -0.25) is 4.98 Å². The van der Waals surface area contributed by atoms with E-state index in [2.05, 4.69) is 32.3 Å². The molecule has 2 heterocycles. The van der Waals surface area contributed by atoms with Gasteiger partial charge in [-0.05, 0) is 35.9 Å². The molecule has 1 N–H and O–H groups in total. The predicted octanol–water partition coefficient (Wildman–Crippen LogP) is 3.46. The van der Waals surface area contributed by atoms with Gasteiger partial charge in [0.25, 0.3) is 0 Å². The largest absolute Gasteiger partial charge is 0.493 e. The first kappa shape index (κ1) is 12.6. The number of ether oxygens (including phenoxy) is 1. The van der Waals surface area contributed by atoms with Crippen molar-refractivity contribution in [2.24, 2.45) is 0 Å².